The highest BCUT2D eigenvalue weighted by atomic mass is 35.5. The molecule has 0 fully saturated rings. The normalized spacial score (nSPS) is 12.3. The summed E-state index contributed by atoms with van der Waals surface area (Å²) in [5, 5.41) is 1.24. The Hall–Kier alpha value is -1.91. The predicted octanol–water partition coefficient (Wildman–Crippen LogP) is 5.09. The number of hydrogen-bond donors (Lipinski definition) is 0. The number of benzene rings is 2. The molecule has 0 unspecified atom stereocenters. The molecule has 2 aromatic carbocycles. The Kier molecular flexibility index (Phi) is 6.28. The zero-order valence-corrected chi connectivity index (χ0v) is 16.1. The molecule has 0 saturated carbocycles. The minimum Gasteiger partial charge on any atom is -0.454 e. The Labute approximate surface area is 163 Å². The average Bonchev–Trinajstić information content (AvgIpc) is 3.07. The van der Waals surface area contributed by atoms with Gasteiger partial charge in [0.1, 0.15) is 0 Å². The van der Waals surface area contributed by atoms with Crippen molar-refractivity contribution in [2.24, 2.45) is 0 Å². The lowest BCUT2D eigenvalue weighted by Gasteiger charge is -2.23. The fourth-order valence-corrected chi connectivity index (χ4v) is 3.41. The highest BCUT2D eigenvalue weighted by molar-refractivity contribution is 6.35. The summed E-state index contributed by atoms with van der Waals surface area (Å²) in [5.74, 6) is 1.61. The molecule has 1 heterocycles. The van der Waals surface area contributed by atoms with Gasteiger partial charge in [0.05, 0.1) is 0 Å². The maximum absolute atomic E-state index is 12.6. The van der Waals surface area contributed by atoms with Crippen molar-refractivity contribution in [3.05, 3.63) is 57.6 Å². The maximum atomic E-state index is 12.6. The number of ether oxygens (including phenoxy) is 2. The third kappa shape index (κ3) is 4.63. The van der Waals surface area contributed by atoms with Crippen LogP contribution in [-0.2, 0) is 17.8 Å². The number of nitrogens with zero attached hydrogens (tertiary/aromatic N) is 1. The van der Waals surface area contributed by atoms with Crippen LogP contribution < -0.4 is 9.47 Å². The van der Waals surface area contributed by atoms with Crippen LogP contribution in [0.5, 0.6) is 11.5 Å². The standard InChI is InChI=1S/C20H21Cl2NO3/c1-2-3-20(24)23(9-8-15-5-6-16(21)11-17(15)22)12-14-4-7-18-19(10-14)26-13-25-18/h4-7,10-11H,2-3,8-9,12-13H2,1H3. The zero-order valence-electron chi connectivity index (χ0n) is 14.6. The first-order valence-corrected chi connectivity index (χ1v) is 9.42. The van der Waals surface area contributed by atoms with Gasteiger partial charge in [0, 0.05) is 29.6 Å². The number of rotatable bonds is 7. The predicted molar refractivity (Wildman–Crippen MR) is 103 cm³/mol. The van der Waals surface area contributed by atoms with Crippen LogP contribution in [0.4, 0.5) is 0 Å². The third-order valence-electron chi connectivity index (χ3n) is 4.29. The van der Waals surface area contributed by atoms with Gasteiger partial charge in [0.15, 0.2) is 11.5 Å². The van der Waals surface area contributed by atoms with E-state index >= 15 is 0 Å². The molecule has 1 aliphatic rings. The van der Waals surface area contributed by atoms with Crippen molar-refractivity contribution in [3.8, 4) is 11.5 Å². The van der Waals surface area contributed by atoms with Crippen molar-refractivity contribution in [1.82, 2.24) is 4.90 Å². The smallest absolute Gasteiger partial charge is 0.231 e. The Bertz CT molecular complexity index is 795. The van der Waals surface area contributed by atoms with Crippen LogP contribution in [0, 0.1) is 0 Å². The molecular formula is C20H21Cl2NO3. The molecule has 4 nitrogen and oxygen atoms in total. The van der Waals surface area contributed by atoms with Crippen molar-refractivity contribution in [2.75, 3.05) is 13.3 Å². The van der Waals surface area contributed by atoms with Gasteiger partial charge in [-0.25, -0.2) is 0 Å². The zero-order chi connectivity index (χ0) is 18.5. The van der Waals surface area contributed by atoms with Crippen LogP contribution >= 0.6 is 23.2 Å². The van der Waals surface area contributed by atoms with Crippen LogP contribution in [0.2, 0.25) is 10.0 Å². The summed E-state index contributed by atoms with van der Waals surface area (Å²) in [6, 6.07) is 11.2. The molecule has 0 radical (unpaired) electrons. The van der Waals surface area contributed by atoms with Crippen molar-refractivity contribution >= 4 is 29.1 Å². The van der Waals surface area contributed by atoms with Gasteiger partial charge >= 0.3 is 0 Å². The third-order valence-corrected chi connectivity index (χ3v) is 4.88. The second-order valence-electron chi connectivity index (χ2n) is 6.24. The Balaban J connectivity index is 1.71. The quantitative estimate of drug-likeness (QED) is 0.657. The molecule has 2 aromatic rings. The van der Waals surface area contributed by atoms with E-state index in [-0.39, 0.29) is 12.7 Å². The molecule has 0 N–H and O–H groups in total. The second kappa shape index (κ2) is 8.65. The number of carbonyl (C=O) groups is 1. The number of halogens is 2. The van der Waals surface area contributed by atoms with E-state index in [1.165, 1.54) is 0 Å². The van der Waals surface area contributed by atoms with E-state index in [1.807, 2.05) is 42.2 Å². The highest BCUT2D eigenvalue weighted by Crippen LogP contribution is 2.33. The monoisotopic (exact) mass is 393 g/mol. The fraction of sp³-hybridized carbons (Fsp3) is 0.350. The van der Waals surface area contributed by atoms with E-state index in [1.54, 1.807) is 6.07 Å². The number of amides is 1. The fourth-order valence-electron chi connectivity index (χ4n) is 2.90. The minimum atomic E-state index is 0.134. The van der Waals surface area contributed by atoms with Gasteiger partial charge in [0.2, 0.25) is 12.7 Å². The molecule has 1 amide bonds. The Morgan fingerprint density at radius 1 is 1.12 bits per heavy atom. The molecule has 0 saturated heterocycles. The van der Waals surface area contributed by atoms with Gasteiger partial charge in [-0.1, -0.05) is 42.3 Å². The van der Waals surface area contributed by atoms with E-state index in [0.29, 0.717) is 36.0 Å². The minimum absolute atomic E-state index is 0.134. The Morgan fingerprint density at radius 2 is 1.92 bits per heavy atom. The average molecular weight is 394 g/mol. The summed E-state index contributed by atoms with van der Waals surface area (Å²) in [5.41, 5.74) is 2.00. The van der Waals surface area contributed by atoms with Gasteiger partial charge in [-0.15, -0.1) is 0 Å². The van der Waals surface area contributed by atoms with Crippen molar-refractivity contribution in [1.29, 1.82) is 0 Å². The van der Waals surface area contributed by atoms with Gasteiger partial charge in [-0.05, 0) is 48.2 Å². The largest absolute Gasteiger partial charge is 0.454 e. The lowest BCUT2D eigenvalue weighted by atomic mass is 10.1. The van der Waals surface area contributed by atoms with E-state index in [9.17, 15) is 4.79 Å². The number of carbonyl (C=O) groups excluding carboxylic acids is 1. The van der Waals surface area contributed by atoms with Crippen molar-refractivity contribution in [2.45, 2.75) is 32.7 Å². The summed E-state index contributed by atoms with van der Waals surface area (Å²) in [6.45, 7) is 3.37. The van der Waals surface area contributed by atoms with Gasteiger partial charge in [-0.2, -0.15) is 0 Å². The molecular weight excluding hydrogens is 373 g/mol. The molecule has 0 aliphatic carbocycles. The van der Waals surface area contributed by atoms with E-state index in [0.717, 1.165) is 29.0 Å². The van der Waals surface area contributed by atoms with Crippen LogP contribution in [0.1, 0.15) is 30.9 Å². The molecule has 0 spiro atoms. The number of hydrogen-bond acceptors (Lipinski definition) is 3. The molecule has 0 atom stereocenters. The van der Waals surface area contributed by atoms with Crippen LogP contribution in [0.25, 0.3) is 0 Å². The maximum Gasteiger partial charge on any atom is 0.231 e. The SMILES string of the molecule is CCCC(=O)N(CCc1ccc(Cl)cc1Cl)Cc1ccc2c(c1)OCO2. The summed E-state index contributed by atoms with van der Waals surface area (Å²) in [6.07, 6.45) is 2.02. The summed E-state index contributed by atoms with van der Waals surface area (Å²) in [7, 11) is 0. The summed E-state index contributed by atoms with van der Waals surface area (Å²) >= 11 is 12.2. The van der Waals surface area contributed by atoms with E-state index in [2.05, 4.69) is 0 Å². The van der Waals surface area contributed by atoms with Crippen LogP contribution in [-0.4, -0.2) is 24.1 Å². The lowest BCUT2D eigenvalue weighted by molar-refractivity contribution is -0.131. The molecule has 0 bridgehead atoms. The topological polar surface area (TPSA) is 38.8 Å². The van der Waals surface area contributed by atoms with Gasteiger partial charge in [0.25, 0.3) is 0 Å². The molecule has 1 aliphatic heterocycles. The summed E-state index contributed by atoms with van der Waals surface area (Å²) < 4.78 is 10.8. The Morgan fingerprint density at radius 3 is 2.69 bits per heavy atom. The molecule has 26 heavy (non-hydrogen) atoms. The molecule has 138 valence electrons. The summed E-state index contributed by atoms with van der Waals surface area (Å²) in [4.78, 5) is 14.4. The molecule has 3 rings (SSSR count). The molecule has 0 aromatic heterocycles. The number of fused-ring (bicyclic) bond motifs is 1. The van der Waals surface area contributed by atoms with E-state index in [4.69, 9.17) is 32.7 Å². The first-order chi connectivity index (χ1) is 12.6. The lowest BCUT2D eigenvalue weighted by Crippen LogP contribution is -2.32. The molecule has 6 heteroatoms. The van der Waals surface area contributed by atoms with Crippen LogP contribution in [0.15, 0.2) is 36.4 Å². The van der Waals surface area contributed by atoms with Gasteiger partial charge in [-0.3, -0.25) is 4.79 Å². The second-order valence-corrected chi connectivity index (χ2v) is 7.08. The highest BCUT2D eigenvalue weighted by Gasteiger charge is 2.17. The van der Waals surface area contributed by atoms with Crippen LogP contribution in [0.3, 0.4) is 0 Å². The van der Waals surface area contributed by atoms with Crippen molar-refractivity contribution < 1.29 is 14.3 Å². The van der Waals surface area contributed by atoms with Gasteiger partial charge < -0.3 is 14.4 Å². The first kappa shape index (κ1) is 18.9. The van der Waals surface area contributed by atoms with Crippen molar-refractivity contribution in [3.63, 3.8) is 0 Å². The first-order valence-electron chi connectivity index (χ1n) is 8.67. The van der Waals surface area contributed by atoms with E-state index < -0.39 is 0 Å².